The Labute approximate surface area is 134 Å². The molecular weight excluding hydrogens is 292 g/mol. The molecule has 0 amide bonds. The summed E-state index contributed by atoms with van der Waals surface area (Å²) in [6.07, 6.45) is 5.70. The van der Waals surface area contributed by atoms with Gasteiger partial charge in [0.1, 0.15) is 10.5 Å². The molecule has 1 unspecified atom stereocenters. The first kappa shape index (κ1) is 13.9. The molecule has 22 heavy (non-hydrogen) atoms. The molecule has 1 fully saturated rings. The van der Waals surface area contributed by atoms with Crippen LogP contribution in [0.15, 0.2) is 36.0 Å². The molecule has 1 saturated heterocycles. The highest BCUT2D eigenvalue weighted by atomic mass is 32.1. The number of benzene rings is 1. The second kappa shape index (κ2) is 6.18. The highest BCUT2D eigenvalue weighted by Gasteiger charge is 2.25. The number of rotatable bonds is 5. The zero-order valence-corrected chi connectivity index (χ0v) is 13.4. The number of para-hydroxylation sites is 1. The lowest BCUT2D eigenvalue weighted by Gasteiger charge is -2.15. The molecule has 0 radical (unpaired) electrons. The Balaban J connectivity index is 1.36. The number of nitrogens with zero attached hydrogens (tertiary/aromatic N) is 3. The van der Waals surface area contributed by atoms with Gasteiger partial charge in [-0.1, -0.05) is 18.2 Å². The van der Waals surface area contributed by atoms with Crippen LogP contribution in [0, 0.1) is 0 Å². The predicted octanol–water partition coefficient (Wildman–Crippen LogP) is 3.44. The fraction of sp³-hybridized carbons (Fsp3) is 0.412. The predicted molar refractivity (Wildman–Crippen MR) is 90.3 cm³/mol. The van der Waals surface area contributed by atoms with Crippen molar-refractivity contribution in [3.63, 3.8) is 0 Å². The molecular formula is C17H20N4S. The molecule has 0 saturated carbocycles. The number of H-pyrrole nitrogens is 1. The molecule has 1 aliphatic rings. The first-order valence-corrected chi connectivity index (χ1v) is 8.81. The quantitative estimate of drug-likeness (QED) is 0.785. The van der Waals surface area contributed by atoms with E-state index in [2.05, 4.69) is 50.5 Å². The summed E-state index contributed by atoms with van der Waals surface area (Å²) in [7, 11) is 0. The molecule has 1 N–H and O–H groups in total. The average Bonchev–Trinajstić information content (AvgIpc) is 3.27. The van der Waals surface area contributed by atoms with Crippen molar-refractivity contribution in [1.82, 2.24) is 20.1 Å². The topological polar surface area (TPSA) is 44.8 Å². The summed E-state index contributed by atoms with van der Waals surface area (Å²) in [5.74, 6) is 0.665. The third-order valence-electron chi connectivity index (χ3n) is 4.60. The summed E-state index contributed by atoms with van der Waals surface area (Å²) < 4.78 is 0. The van der Waals surface area contributed by atoms with E-state index in [0.717, 1.165) is 11.4 Å². The van der Waals surface area contributed by atoms with Gasteiger partial charge in [0.2, 0.25) is 0 Å². The van der Waals surface area contributed by atoms with Crippen molar-refractivity contribution in [2.45, 2.75) is 25.2 Å². The van der Waals surface area contributed by atoms with Crippen LogP contribution in [0.25, 0.3) is 10.9 Å². The maximum atomic E-state index is 4.12. The smallest absolute Gasteiger partial charge is 0.117 e. The molecule has 1 aliphatic heterocycles. The van der Waals surface area contributed by atoms with E-state index in [-0.39, 0.29) is 0 Å². The van der Waals surface area contributed by atoms with Crippen molar-refractivity contribution < 1.29 is 0 Å². The minimum atomic E-state index is 0.665. The van der Waals surface area contributed by atoms with Crippen LogP contribution in [0.2, 0.25) is 0 Å². The minimum Gasteiger partial charge on any atom is -0.361 e. The summed E-state index contributed by atoms with van der Waals surface area (Å²) in [5.41, 5.74) is 4.56. The van der Waals surface area contributed by atoms with Crippen molar-refractivity contribution in [3.8, 4) is 0 Å². The summed E-state index contributed by atoms with van der Waals surface area (Å²) in [6.45, 7) is 3.55. The first-order chi connectivity index (χ1) is 10.9. The molecule has 3 heterocycles. The van der Waals surface area contributed by atoms with Crippen molar-refractivity contribution >= 4 is 22.2 Å². The number of aromatic nitrogens is 3. The van der Waals surface area contributed by atoms with Crippen LogP contribution in [0.1, 0.15) is 29.3 Å². The fourth-order valence-electron chi connectivity index (χ4n) is 3.48. The van der Waals surface area contributed by atoms with Gasteiger partial charge in [-0.15, -0.1) is 21.5 Å². The molecule has 5 heteroatoms. The van der Waals surface area contributed by atoms with Gasteiger partial charge in [0.25, 0.3) is 0 Å². The molecule has 1 aromatic carbocycles. The number of fused-ring (bicyclic) bond motifs is 1. The number of hydrogen-bond donors (Lipinski definition) is 1. The van der Waals surface area contributed by atoms with E-state index in [4.69, 9.17) is 0 Å². The van der Waals surface area contributed by atoms with Crippen LogP contribution in [-0.4, -0.2) is 39.7 Å². The second-order valence-corrected chi connectivity index (χ2v) is 6.93. The Kier molecular flexibility index (Phi) is 3.91. The third kappa shape index (κ3) is 2.78. The normalized spacial score (nSPS) is 19.2. The van der Waals surface area contributed by atoms with Crippen molar-refractivity contribution in [1.29, 1.82) is 0 Å². The van der Waals surface area contributed by atoms with Crippen molar-refractivity contribution in [3.05, 3.63) is 46.5 Å². The summed E-state index contributed by atoms with van der Waals surface area (Å²) in [5, 5.41) is 10.6. The number of likely N-dealkylation sites (tertiary alicyclic amines) is 1. The Morgan fingerprint density at radius 3 is 3.18 bits per heavy atom. The van der Waals surface area contributed by atoms with Crippen molar-refractivity contribution in [2.75, 3.05) is 19.6 Å². The highest BCUT2D eigenvalue weighted by molar-refractivity contribution is 7.09. The molecule has 114 valence electrons. The monoisotopic (exact) mass is 312 g/mol. The lowest BCUT2D eigenvalue weighted by atomic mass is 9.98. The van der Waals surface area contributed by atoms with Crippen LogP contribution < -0.4 is 0 Å². The lowest BCUT2D eigenvalue weighted by molar-refractivity contribution is 0.329. The minimum absolute atomic E-state index is 0.665. The van der Waals surface area contributed by atoms with E-state index in [0.29, 0.717) is 5.92 Å². The Hall–Kier alpha value is -1.72. The van der Waals surface area contributed by atoms with Gasteiger partial charge in [0.15, 0.2) is 0 Å². The summed E-state index contributed by atoms with van der Waals surface area (Å²) >= 11 is 1.66. The van der Waals surface area contributed by atoms with E-state index >= 15 is 0 Å². The first-order valence-electron chi connectivity index (χ1n) is 7.93. The van der Waals surface area contributed by atoms with Crippen molar-refractivity contribution in [2.24, 2.45) is 0 Å². The molecule has 0 spiro atoms. The number of nitrogens with one attached hydrogen (secondary N) is 1. The fourth-order valence-corrected chi connectivity index (χ4v) is 4.05. The molecule has 0 bridgehead atoms. The average molecular weight is 312 g/mol. The third-order valence-corrected chi connectivity index (χ3v) is 5.36. The SMILES string of the molecule is c1ccc2c(C3CCN(CCCc4nncs4)C3)c[nH]c2c1. The summed E-state index contributed by atoms with van der Waals surface area (Å²) in [6, 6.07) is 8.62. The van der Waals surface area contributed by atoms with Crippen LogP contribution in [0.5, 0.6) is 0 Å². The largest absolute Gasteiger partial charge is 0.361 e. The second-order valence-electron chi connectivity index (χ2n) is 6.01. The molecule has 3 aromatic rings. The van der Waals surface area contributed by atoms with Gasteiger partial charge in [-0.3, -0.25) is 0 Å². The Bertz CT molecular complexity index is 734. The van der Waals surface area contributed by atoms with E-state index in [9.17, 15) is 0 Å². The Morgan fingerprint density at radius 1 is 1.32 bits per heavy atom. The van der Waals surface area contributed by atoms with Gasteiger partial charge in [0.05, 0.1) is 0 Å². The highest BCUT2D eigenvalue weighted by Crippen LogP contribution is 2.32. The number of hydrogen-bond acceptors (Lipinski definition) is 4. The molecule has 2 aromatic heterocycles. The van der Waals surface area contributed by atoms with Crippen LogP contribution in [0.4, 0.5) is 0 Å². The molecule has 4 rings (SSSR count). The van der Waals surface area contributed by atoms with E-state index < -0.39 is 0 Å². The maximum Gasteiger partial charge on any atom is 0.117 e. The molecule has 1 atom stereocenters. The molecule has 0 aliphatic carbocycles. The van der Waals surface area contributed by atoms with Gasteiger partial charge < -0.3 is 9.88 Å². The Morgan fingerprint density at radius 2 is 2.27 bits per heavy atom. The van der Waals surface area contributed by atoms with E-state index in [1.54, 1.807) is 11.3 Å². The van der Waals surface area contributed by atoms with Gasteiger partial charge in [-0.05, 0) is 43.5 Å². The van der Waals surface area contributed by atoms with Crippen LogP contribution in [-0.2, 0) is 6.42 Å². The maximum absolute atomic E-state index is 4.12. The zero-order chi connectivity index (χ0) is 14.8. The van der Waals surface area contributed by atoms with Gasteiger partial charge in [0, 0.05) is 30.1 Å². The van der Waals surface area contributed by atoms with Crippen LogP contribution in [0.3, 0.4) is 0 Å². The van der Waals surface area contributed by atoms with E-state index in [1.807, 2.05) is 5.51 Å². The van der Waals surface area contributed by atoms with E-state index in [1.165, 1.54) is 48.9 Å². The van der Waals surface area contributed by atoms with Gasteiger partial charge in [-0.2, -0.15) is 0 Å². The van der Waals surface area contributed by atoms with Crippen LogP contribution >= 0.6 is 11.3 Å². The zero-order valence-electron chi connectivity index (χ0n) is 12.5. The number of aromatic amines is 1. The molecule has 4 nitrogen and oxygen atoms in total. The van der Waals surface area contributed by atoms with Gasteiger partial charge >= 0.3 is 0 Å². The lowest BCUT2D eigenvalue weighted by Crippen LogP contribution is -2.22. The van der Waals surface area contributed by atoms with Gasteiger partial charge in [-0.25, -0.2) is 0 Å². The number of aryl methyl sites for hydroxylation is 1. The summed E-state index contributed by atoms with van der Waals surface area (Å²) in [4.78, 5) is 6.00. The standard InChI is InChI=1S/C17H20N4S/c1-2-5-16-14(4-1)15(10-18-16)13-7-9-21(11-13)8-3-6-17-20-19-12-22-17/h1-2,4-5,10,12-13,18H,3,6-9,11H2.